The maximum absolute atomic E-state index is 11.7. The van der Waals surface area contributed by atoms with Gasteiger partial charge in [-0.1, -0.05) is 19.3 Å². The van der Waals surface area contributed by atoms with Crippen LogP contribution in [0, 0.1) is 18.3 Å². The van der Waals surface area contributed by atoms with Crippen LogP contribution in [0.4, 0.5) is 0 Å². The number of hydrogen-bond donors (Lipinski definition) is 1. The third kappa shape index (κ3) is 1.95. The second-order valence-electron chi connectivity index (χ2n) is 5.39. The third-order valence-corrected chi connectivity index (χ3v) is 4.10. The van der Waals surface area contributed by atoms with E-state index in [4.69, 9.17) is 0 Å². The quantitative estimate of drug-likeness (QED) is 0.851. The Labute approximate surface area is 111 Å². The number of hydrogen-bond acceptors (Lipinski definition) is 2. The van der Waals surface area contributed by atoms with Crippen LogP contribution in [0.15, 0.2) is 17.1 Å². The van der Waals surface area contributed by atoms with Gasteiger partial charge in [0.2, 0.25) is 5.56 Å². The molecule has 0 amide bonds. The molecule has 19 heavy (non-hydrogen) atoms. The van der Waals surface area contributed by atoms with Crippen molar-refractivity contribution in [2.45, 2.75) is 45.1 Å². The third-order valence-electron chi connectivity index (χ3n) is 4.10. The standard InChI is InChI=1S/C15H17N3O/c1-10-7-13(19)17-15-14(10)11(8-16)9-18(15)12-5-3-2-4-6-12/h7,9,12H,2-6H2,1H3,(H,17,19). The van der Waals surface area contributed by atoms with Crippen LogP contribution < -0.4 is 5.56 Å². The van der Waals surface area contributed by atoms with Crippen LogP contribution in [0.1, 0.15) is 49.3 Å². The average Bonchev–Trinajstić information content (AvgIpc) is 2.78. The Hall–Kier alpha value is -2.02. The lowest BCUT2D eigenvalue weighted by atomic mass is 9.95. The van der Waals surface area contributed by atoms with Crippen LogP contribution in [0.25, 0.3) is 11.0 Å². The van der Waals surface area contributed by atoms with Gasteiger partial charge in [0.05, 0.1) is 5.56 Å². The second-order valence-corrected chi connectivity index (χ2v) is 5.39. The van der Waals surface area contributed by atoms with E-state index >= 15 is 0 Å². The van der Waals surface area contributed by atoms with E-state index in [1.165, 1.54) is 19.3 Å². The summed E-state index contributed by atoms with van der Waals surface area (Å²) in [5, 5.41) is 10.2. The van der Waals surface area contributed by atoms with Crippen molar-refractivity contribution in [3.8, 4) is 6.07 Å². The first-order valence-corrected chi connectivity index (χ1v) is 6.85. The molecule has 2 aromatic rings. The van der Waals surface area contributed by atoms with E-state index in [-0.39, 0.29) is 5.56 Å². The van der Waals surface area contributed by atoms with Crippen molar-refractivity contribution in [1.29, 1.82) is 5.26 Å². The Kier molecular flexibility index (Phi) is 2.90. The van der Waals surface area contributed by atoms with Crippen molar-refractivity contribution in [1.82, 2.24) is 9.55 Å². The second kappa shape index (κ2) is 4.58. The Morgan fingerprint density at radius 3 is 2.79 bits per heavy atom. The number of rotatable bonds is 1. The summed E-state index contributed by atoms with van der Waals surface area (Å²) < 4.78 is 2.11. The molecule has 0 saturated heterocycles. The van der Waals surface area contributed by atoms with Crippen LogP contribution in [0.3, 0.4) is 0 Å². The van der Waals surface area contributed by atoms with Gasteiger partial charge in [0.25, 0.3) is 0 Å². The number of fused-ring (bicyclic) bond motifs is 1. The summed E-state index contributed by atoms with van der Waals surface area (Å²) in [6.45, 7) is 1.89. The zero-order valence-electron chi connectivity index (χ0n) is 11.1. The summed E-state index contributed by atoms with van der Waals surface area (Å²) in [5.41, 5.74) is 2.26. The van der Waals surface area contributed by atoms with E-state index in [9.17, 15) is 10.1 Å². The molecule has 0 aliphatic heterocycles. The molecule has 1 aliphatic carbocycles. The molecule has 3 rings (SSSR count). The molecule has 98 valence electrons. The highest BCUT2D eigenvalue weighted by atomic mass is 16.1. The molecule has 0 aromatic carbocycles. The first-order valence-electron chi connectivity index (χ1n) is 6.85. The number of nitrogens with zero attached hydrogens (tertiary/aromatic N) is 2. The molecule has 4 heteroatoms. The predicted molar refractivity (Wildman–Crippen MR) is 74.1 cm³/mol. The lowest BCUT2D eigenvalue weighted by Gasteiger charge is -2.23. The fourth-order valence-electron chi connectivity index (χ4n) is 3.20. The van der Waals surface area contributed by atoms with Gasteiger partial charge < -0.3 is 9.55 Å². The van der Waals surface area contributed by atoms with E-state index in [2.05, 4.69) is 15.6 Å². The number of nitriles is 1. The van der Waals surface area contributed by atoms with E-state index in [0.717, 1.165) is 29.4 Å². The van der Waals surface area contributed by atoms with Crippen molar-refractivity contribution in [3.05, 3.63) is 33.7 Å². The van der Waals surface area contributed by atoms with Crippen molar-refractivity contribution < 1.29 is 0 Å². The van der Waals surface area contributed by atoms with E-state index < -0.39 is 0 Å². The molecule has 1 N–H and O–H groups in total. The van der Waals surface area contributed by atoms with Gasteiger partial charge in [-0.3, -0.25) is 4.79 Å². The normalized spacial score (nSPS) is 16.6. The van der Waals surface area contributed by atoms with Gasteiger partial charge in [-0.25, -0.2) is 0 Å². The summed E-state index contributed by atoms with van der Waals surface area (Å²) in [5.74, 6) is 0. The lowest BCUT2D eigenvalue weighted by Crippen LogP contribution is -2.14. The maximum atomic E-state index is 11.7. The van der Waals surface area contributed by atoms with Gasteiger partial charge >= 0.3 is 0 Å². The minimum absolute atomic E-state index is 0.0929. The molecule has 0 unspecified atom stereocenters. The largest absolute Gasteiger partial charge is 0.330 e. The molecule has 2 heterocycles. The van der Waals surface area contributed by atoms with Crippen molar-refractivity contribution in [3.63, 3.8) is 0 Å². The van der Waals surface area contributed by atoms with Crippen LogP contribution in [-0.4, -0.2) is 9.55 Å². The zero-order valence-corrected chi connectivity index (χ0v) is 11.1. The fourth-order valence-corrected chi connectivity index (χ4v) is 3.20. The minimum atomic E-state index is -0.0929. The van der Waals surface area contributed by atoms with Crippen LogP contribution in [0.5, 0.6) is 0 Å². The molecule has 0 radical (unpaired) electrons. The number of aromatic amines is 1. The topological polar surface area (TPSA) is 61.6 Å². The maximum Gasteiger partial charge on any atom is 0.249 e. The molecule has 0 spiro atoms. The summed E-state index contributed by atoms with van der Waals surface area (Å²) in [4.78, 5) is 14.6. The molecule has 1 saturated carbocycles. The molecule has 1 aliphatic rings. The molecular weight excluding hydrogens is 238 g/mol. The van der Waals surface area contributed by atoms with Gasteiger partial charge in [-0.2, -0.15) is 5.26 Å². The first kappa shape index (κ1) is 12.0. The molecular formula is C15H17N3O. The van der Waals surface area contributed by atoms with Gasteiger partial charge in [-0.05, 0) is 25.3 Å². The van der Waals surface area contributed by atoms with Crippen molar-refractivity contribution in [2.75, 3.05) is 0 Å². The van der Waals surface area contributed by atoms with Crippen LogP contribution in [-0.2, 0) is 0 Å². The molecule has 1 fully saturated rings. The predicted octanol–water partition coefficient (Wildman–Crippen LogP) is 3.01. The average molecular weight is 255 g/mol. The zero-order chi connectivity index (χ0) is 13.4. The van der Waals surface area contributed by atoms with Crippen LogP contribution >= 0.6 is 0 Å². The van der Waals surface area contributed by atoms with Crippen LogP contribution in [0.2, 0.25) is 0 Å². The number of aryl methyl sites for hydroxylation is 1. The van der Waals surface area contributed by atoms with Gasteiger partial charge in [0, 0.05) is 23.7 Å². The smallest absolute Gasteiger partial charge is 0.249 e. The number of H-pyrrole nitrogens is 1. The monoisotopic (exact) mass is 255 g/mol. The van der Waals surface area contributed by atoms with Crippen molar-refractivity contribution >= 4 is 11.0 Å². The first-order chi connectivity index (χ1) is 9.20. The van der Waals surface area contributed by atoms with E-state index in [1.54, 1.807) is 6.07 Å². The lowest BCUT2D eigenvalue weighted by molar-refractivity contribution is 0.359. The van der Waals surface area contributed by atoms with E-state index in [0.29, 0.717) is 11.6 Å². The SMILES string of the molecule is Cc1cc(=O)[nH]c2c1c(C#N)cn2C1CCCCC1. The Morgan fingerprint density at radius 1 is 1.37 bits per heavy atom. The summed E-state index contributed by atoms with van der Waals surface area (Å²) in [6, 6.07) is 4.22. The highest BCUT2D eigenvalue weighted by molar-refractivity contribution is 5.86. The Morgan fingerprint density at radius 2 is 2.11 bits per heavy atom. The summed E-state index contributed by atoms with van der Waals surface area (Å²) >= 11 is 0. The highest BCUT2D eigenvalue weighted by Crippen LogP contribution is 2.32. The Bertz CT molecular complexity index is 711. The van der Waals surface area contributed by atoms with Gasteiger partial charge in [-0.15, -0.1) is 0 Å². The van der Waals surface area contributed by atoms with Gasteiger partial charge in [0.15, 0.2) is 0 Å². The molecule has 0 bridgehead atoms. The minimum Gasteiger partial charge on any atom is -0.330 e. The molecule has 0 atom stereocenters. The highest BCUT2D eigenvalue weighted by Gasteiger charge is 2.20. The van der Waals surface area contributed by atoms with E-state index in [1.807, 2.05) is 13.1 Å². The Balaban J connectivity index is 2.25. The van der Waals surface area contributed by atoms with Crippen molar-refractivity contribution in [2.24, 2.45) is 0 Å². The number of nitrogens with one attached hydrogen (secondary N) is 1. The molecule has 2 aromatic heterocycles. The summed E-state index contributed by atoms with van der Waals surface area (Å²) in [7, 11) is 0. The fraction of sp³-hybridized carbons (Fsp3) is 0.467. The number of pyridine rings is 1. The van der Waals surface area contributed by atoms with Gasteiger partial charge in [0.1, 0.15) is 11.7 Å². The number of aromatic nitrogens is 2. The summed E-state index contributed by atoms with van der Waals surface area (Å²) in [6.07, 6.45) is 7.90. The molecule has 4 nitrogen and oxygen atoms in total.